The molecule has 0 saturated heterocycles. The molecule has 4 nitrogen and oxygen atoms in total. The number of carbonyl (C=O) groups excluding carboxylic acids is 1. The van der Waals surface area contributed by atoms with Gasteiger partial charge >= 0.3 is 0 Å². The highest BCUT2D eigenvalue weighted by atomic mass is 79.9. The number of halogens is 1. The second-order valence-electron chi connectivity index (χ2n) is 3.56. The molecule has 0 bridgehead atoms. The number of rotatable bonds is 4. The van der Waals surface area contributed by atoms with Gasteiger partial charge in [0.25, 0.3) is 5.91 Å². The molecule has 0 saturated carbocycles. The SMILES string of the molecule is CC(CCBr)NC(=O)c1ccc(O)c(O)c1. The summed E-state index contributed by atoms with van der Waals surface area (Å²) in [4.78, 5) is 11.7. The van der Waals surface area contributed by atoms with Crippen LogP contribution in [0, 0.1) is 0 Å². The van der Waals surface area contributed by atoms with Crippen LogP contribution in [0.2, 0.25) is 0 Å². The molecule has 0 aliphatic carbocycles. The maximum Gasteiger partial charge on any atom is 0.251 e. The third kappa shape index (κ3) is 3.41. The van der Waals surface area contributed by atoms with E-state index in [0.29, 0.717) is 5.56 Å². The molecule has 1 aromatic rings. The molecule has 5 heteroatoms. The number of hydrogen-bond acceptors (Lipinski definition) is 3. The first kappa shape index (κ1) is 12.8. The van der Waals surface area contributed by atoms with E-state index >= 15 is 0 Å². The zero-order valence-electron chi connectivity index (χ0n) is 8.90. The van der Waals surface area contributed by atoms with E-state index in [1.54, 1.807) is 0 Å². The standard InChI is InChI=1S/C11H14BrNO3/c1-7(4-5-12)13-11(16)8-2-3-9(14)10(15)6-8/h2-3,6-7,14-15H,4-5H2,1H3,(H,13,16). The lowest BCUT2D eigenvalue weighted by Gasteiger charge is -2.12. The van der Waals surface area contributed by atoms with Gasteiger partial charge in [-0.1, -0.05) is 15.9 Å². The number of benzene rings is 1. The van der Waals surface area contributed by atoms with Gasteiger partial charge in [0.2, 0.25) is 0 Å². The number of amides is 1. The van der Waals surface area contributed by atoms with Crippen molar-refractivity contribution in [3.05, 3.63) is 23.8 Å². The molecule has 1 atom stereocenters. The van der Waals surface area contributed by atoms with Gasteiger partial charge < -0.3 is 15.5 Å². The third-order valence-electron chi connectivity index (χ3n) is 2.16. The van der Waals surface area contributed by atoms with Crippen molar-refractivity contribution in [2.45, 2.75) is 19.4 Å². The molecule has 0 radical (unpaired) electrons. The molecule has 0 spiro atoms. The summed E-state index contributed by atoms with van der Waals surface area (Å²) >= 11 is 3.29. The van der Waals surface area contributed by atoms with Crippen LogP contribution in [0.3, 0.4) is 0 Å². The van der Waals surface area contributed by atoms with Gasteiger partial charge in [0.05, 0.1) is 0 Å². The van der Waals surface area contributed by atoms with Gasteiger partial charge in [-0.2, -0.15) is 0 Å². The molecule has 0 heterocycles. The lowest BCUT2D eigenvalue weighted by molar-refractivity contribution is 0.0939. The predicted molar refractivity (Wildman–Crippen MR) is 65.1 cm³/mol. The van der Waals surface area contributed by atoms with Crippen LogP contribution < -0.4 is 5.32 Å². The summed E-state index contributed by atoms with van der Waals surface area (Å²) in [6, 6.07) is 4.05. The van der Waals surface area contributed by atoms with Gasteiger partial charge in [-0.05, 0) is 31.5 Å². The second-order valence-corrected chi connectivity index (χ2v) is 4.35. The fourth-order valence-corrected chi connectivity index (χ4v) is 1.89. The molecule has 1 unspecified atom stereocenters. The van der Waals surface area contributed by atoms with Gasteiger partial charge in [0.1, 0.15) is 0 Å². The summed E-state index contributed by atoms with van der Waals surface area (Å²) < 4.78 is 0. The smallest absolute Gasteiger partial charge is 0.251 e. The average Bonchev–Trinajstić information content (AvgIpc) is 2.22. The monoisotopic (exact) mass is 287 g/mol. The van der Waals surface area contributed by atoms with Crippen LogP contribution in [0.4, 0.5) is 0 Å². The molecule has 3 N–H and O–H groups in total. The molecule has 1 amide bonds. The number of alkyl halides is 1. The molecule has 16 heavy (non-hydrogen) atoms. The summed E-state index contributed by atoms with van der Waals surface area (Å²) in [6.45, 7) is 1.90. The lowest BCUT2D eigenvalue weighted by Crippen LogP contribution is -2.32. The van der Waals surface area contributed by atoms with Gasteiger partial charge in [-0.3, -0.25) is 4.79 Å². The zero-order valence-corrected chi connectivity index (χ0v) is 10.5. The minimum absolute atomic E-state index is 0.0582. The lowest BCUT2D eigenvalue weighted by atomic mass is 10.1. The Hall–Kier alpha value is -1.23. The van der Waals surface area contributed by atoms with Crippen LogP contribution in [-0.2, 0) is 0 Å². The number of carbonyl (C=O) groups is 1. The molecule has 1 rings (SSSR count). The van der Waals surface area contributed by atoms with Gasteiger partial charge in [0, 0.05) is 16.9 Å². The Morgan fingerprint density at radius 1 is 1.44 bits per heavy atom. The largest absolute Gasteiger partial charge is 0.504 e. The molecule has 0 fully saturated rings. The summed E-state index contributed by atoms with van der Waals surface area (Å²) in [5, 5.41) is 21.9. The molecule has 0 aromatic heterocycles. The van der Waals surface area contributed by atoms with E-state index in [1.165, 1.54) is 18.2 Å². The summed E-state index contributed by atoms with van der Waals surface area (Å²) in [7, 11) is 0. The van der Waals surface area contributed by atoms with Crippen LogP contribution in [0.25, 0.3) is 0 Å². The van der Waals surface area contributed by atoms with Crippen molar-refractivity contribution in [3.63, 3.8) is 0 Å². The van der Waals surface area contributed by atoms with E-state index in [9.17, 15) is 9.90 Å². The van der Waals surface area contributed by atoms with Crippen LogP contribution in [0.15, 0.2) is 18.2 Å². The quantitative estimate of drug-likeness (QED) is 0.586. The first-order valence-electron chi connectivity index (χ1n) is 4.93. The van der Waals surface area contributed by atoms with Crippen molar-refractivity contribution in [1.82, 2.24) is 5.32 Å². The first-order valence-corrected chi connectivity index (χ1v) is 6.05. The zero-order chi connectivity index (χ0) is 12.1. The molecule has 0 aliphatic heterocycles. The molecule has 0 aliphatic rings. The summed E-state index contributed by atoms with van der Waals surface area (Å²) in [5.41, 5.74) is 0.330. The number of phenolic OH excluding ortho intramolecular Hbond substituents is 2. The van der Waals surface area contributed by atoms with Gasteiger partial charge in [-0.25, -0.2) is 0 Å². The first-order chi connectivity index (χ1) is 7.54. The van der Waals surface area contributed by atoms with Crippen molar-refractivity contribution in [1.29, 1.82) is 0 Å². The minimum Gasteiger partial charge on any atom is -0.504 e. The Bertz CT molecular complexity index is 381. The summed E-state index contributed by atoms with van der Waals surface area (Å²) in [6.07, 6.45) is 0.829. The summed E-state index contributed by atoms with van der Waals surface area (Å²) in [5.74, 6) is -0.783. The van der Waals surface area contributed by atoms with Gasteiger partial charge in [-0.15, -0.1) is 0 Å². The predicted octanol–water partition coefficient (Wildman–Crippen LogP) is 2.00. The Morgan fingerprint density at radius 3 is 2.69 bits per heavy atom. The fourth-order valence-electron chi connectivity index (χ4n) is 1.21. The highest BCUT2D eigenvalue weighted by Gasteiger charge is 2.11. The van der Waals surface area contributed by atoms with Crippen molar-refractivity contribution < 1.29 is 15.0 Å². The maximum absolute atomic E-state index is 11.7. The van der Waals surface area contributed by atoms with E-state index in [1.807, 2.05) is 6.92 Å². The minimum atomic E-state index is -0.291. The van der Waals surface area contributed by atoms with Crippen molar-refractivity contribution >= 4 is 21.8 Å². The van der Waals surface area contributed by atoms with Crippen LogP contribution in [0.1, 0.15) is 23.7 Å². The molecular weight excluding hydrogens is 274 g/mol. The highest BCUT2D eigenvalue weighted by Crippen LogP contribution is 2.24. The fraction of sp³-hybridized carbons (Fsp3) is 0.364. The molecule has 88 valence electrons. The normalized spacial score (nSPS) is 12.1. The highest BCUT2D eigenvalue weighted by molar-refractivity contribution is 9.09. The second kappa shape index (κ2) is 5.75. The van der Waals surface area contributed by atoms with Crippen molar-refractivity contribution in [2.24, 2.45) is 0 Å². The van der Waals surface area contributed by atoms with E-state index in [0.717, 1.165) is 11.8 Å². The Morgan fingerprint density at radius 2 is 2.12 bits per heavy atom. The van der Waals surface area contributed by atoms with E-state index in [-0.39, 0.29) is 23.4 Å². The van der Waals surface area contributed by atoms with E-state index < -0.39 is 0 Å². The average molecular weight is 288 g/mol. The van der Waals surface area contributed by atoms with E-state index in [2.05, 4.69) is 21.2 Å². The van der Waals surface area contributed by atoms with Crippen LogP contribution >= 0.6 is 15.9 Å². The van der Waals surface area contributed by atoms with E-state index in [4.69, 9.17) is 5.11 Å². The topological polar surface area (TPSA) is 69.6 Å². The molecular formula is C11H14BrNO3. The van der Waals surface area contributed by atoms with Crippen molar-refractivity contribution in [2.75, 3.05) is 5.33 Å². The number of phenols is 2. The Labute approximate surface area is 102 Å². The van der Waals surface area contributed by atoms with Crippen molar-refractivity contribution in [3.8, 4) is 11.5 Å². The van der Waals surface area contributed by atoms with Crippen LogP contribution in [-0.4, -0.2) is 27.5 Å². The number of aromatic hydroxyl groups is 2. The Kier molecular flexibility index (Phi) is 4.61. The van der Waals surface area contributed by atoms with Crippen LogP contribution in [0.5, 0.6) is 11.5 Å². The number of nitrogens with one attached hydrogen (secondary N) is 1. The van der Waals surface area contributed by atoms with Gasteiger partial charge in [0.15, 0.2) is 11.5 Å². The Balaban J connectivity index is 2.69. The molecule has 1 aromatic carbocycles. The third-order valence-corrected chi connectivity index (χ3v) is 2.62. The maximum atomic E-state index is 11.7. The number of hydrogen-bond donors (Lipinski definition) is 3.